The maximum absolute atomic E-state index is 11.8. The number of nitrogens with zero attached hydrogens (tertiary/aromatic N) is 1. The number of piperidine rings is 1. The van der Waals surface area contributed by atoms with Gasteiger partial charge in [0.05, 0.1) is 6.20 Å². The van der Waals surface area contributed by atoms with E-state index in [-0.39, 0.29) is 11.1 Å². The van der Waals surface area contributed by atoms with Gasteiger partial charge in [-0.15, -0.1) is 0 Å². The number of sulfonamides is 1. The largest absolute Gasteiger partial charge is 0.315 e. The summed E-state index contributed by atoms with van der Waals surface area (Å²) in [6.45, 7) is 1.65. The molecule has 7 heteroatoms. The van der Waals surface area contributed by atoms with Gasteiger partial charge in [0.25, 0.3) is 10.0 Å². The summed E-state index contributed by atoms with van der Waals surface area (Å²) in [6, 6.07) is 1.42. The zero-order valence-corrected chi connectivity index (χ0v) is 9.05. The predicted molar refractivity (Wildman–Crippen MR) is 54.8 cm³/mol. The Hall–Kier alpha value is -0.920. The van der Waals surface area contributed by atoms with Crippen LogP contribution in [0.25, 0.3) is 0 Å². The second kappa shape index (κ2) is 4.30. The molecule has 2 rings (SSSR count). The van der Waals surface area contributed by atoms with Crippen molar-refractivity contribution in [3.63, 3.8) is 0 Å². The van der Waals surface area contributed by atoms with Crippen LogP contribution in [0.15, 0.2) is 17.3 Å². The van der Waals surface area contributed by atoms with Crippen LogP contribution in [-0.2, 0) is 10.0 Å². The first-order valence-electron chi connectivity index (χ1n) is 4.91. The third-order valence-electron chi connectivity index (χ3n) is 2.38. The van der Waals surface area contributed by atoms with Crippen molar-refractivity contribution >= 4 is 10.0 Å². The molecule has 1 atom stereocenters. The molecule has 15 heavy (non-hydrogen) atoms. The lowest BCUT2D eigenvalue weighted by Crippen LogP contribution is -2.45. The van der Waals surface area contributed by atoms with Gasteiger partial charge in [0.1, 0.15) is 0 Å². The highest BCUT2D eigenvalue weighted by Crippen LogP contribution is 2.07. The van der Waals surface area contributed by atoms with Crippen LogP contribution in [0.5, 0.6) is 0 Å². The number of rotatable bonds is 3. The van der Waals surface area contributed by atoms with Gasteiger partial charge in [-0.1, -0.05) is 0 Å². The Morgan fingerprint density at radius 3 is 3.00 bits per heavy atom. The van der Waals surface area contributed by atoms with Crippen LogP contribution >= 0.6 is 0 Å². The second-order valence-corrected chi connectivity index (χ2v) is 5.27. The quantitative estimate of drug-likeness (QED) is 0.649. The molecule has 1 aromatic rings. The molecule has 0 bridgehead atoms. The van der Waals surface area contributed by atoms with E-state index in [2.05, 4.69) is 20.2 Å². The molecule has 1 aliphatic rings. The summed E-state index contributed by atoms with van der Waals surface area (Å²) >= 11 is 0. The fourth-order valence-corrected chi connectivity index (χ4v) is 2.81. The fraction of sp³-hybridized carbons (Fsp3) is 0.625. The van der Waals surface area contributed by atoms with Crippen molar-refractivity contribution < 1.29 is 8.42 Å². The molecule has 0 radical (unpaired) electrons. The average molecular weight is 230 g/mol. The number of hydrogen-bond donors (Lipinski definition) is 3. The van der Waals surface area contributed by atoms with E-state index in [1.807, 2.05) is 0 Å². The zero-order chi connectivity index (χ0) is 10.7. The standard InChI is InChI=1S/C8H14N4O2S/c13-15(14,8-3-5-10-11-8)12-7-2-1-4-9-6-7/h3,5,7,9,12H,1-2,4,6H2,(H,10,11). The number of hydrogen-bond acceptors (Lipinski definition) is 4. The molecule has 1 fully saturated rings. The van der Waals surface area contributed by atoms with Crippen molar-refractivity contribution in [2.45, 2.75) is 23.9 Å². The summed E-state index contributed by atoms with van der Waals surface area (Å²) in [5.74, 6) is 0. The maximum atomic E-state index is 11.8. The maximum Gasteiger partial charge on any atom is 0.257 e. The Morgan fingerprint density at radius 1 is 1.53 bits per heavy atom. The Bertz CT molecular complexity index is 394. The van der Waals surface area contributed by atoms with Gasteiger partial charge in [-0.2, -0.15) is 5.10 Å². The lowest BCUT2D eigenvalue weighted by atomic mass is 10.1. The number of H-pyrrole nitrogens is 1. The van der Waals surface area contributed by atoms with Crippen molar-refractivity contribution in [2.75, 3.05) is 13.1 Å². The van der Waals surface area contributed by atoms with E-state index < -0.39 is 10.0 Å². The van der Waals surface area contributed by atoms with E-state index >= 15 is 0 Å². The van der Waals surface area contributed by atoms with Crippen LogP contribution in [0.4, 0.5) is 0 Å². The van der Waals surface area contributed by atoms with Crippen molar-refractivity contribution in [3.05, 3.63) is 12.3 Å². The molecule has 6 nitrogen and oxygen atoms in total. The van der Waals surface area contributed by atoms with Gasteiger partial charge in [0.2, 0.25) is 0 Å². The third-order valence-corrected chi connectivity index (χ3v) is 3.83. The molecular formula is C8H14N4O2S. The van der Waals surface area contributed by atoms with Crippen molar-refractivity contribution in [1.29, 1.82) is 0 Å². The molecule has 0 spiro atoms. The second-order valence-electron chi connectivity index (χ2n) is 3.59. The number of aromatic nitrogens is 2. The minimum absolute atomic E-state index is 0.0213. The van der Waals surface area contributed by atoms with Crippen LogP contribution in [0.3, 0.4) is 0 Å². The van der Waals surface area contributed by atoms with Gasteiger partial charge >= 0.3 is 0 Å². The molecule has 0 amide bonds. The van der Waals surface area contributed by atoms with Crippen LogP contribution in [0.1, 0.15) is 12.8 Å². The highest BCUT2D eigenvalue weighted by molar-refractivity contribution is 7.89. The molecule has 0 saturated carbocycles. The van der Waals surface area contributed by atoms with Crippen LogP contribution in [-0.4, -0.2) is 37.7 Å². The number of nitrogens with one attached hydrogen (secondary N) is 3. The van der Waals surface area contributed by atoms with Crippen molar-refractivity contribution in [3.8, 4) is 0 Å². The molecule has 3 N–H and O–H groups in total. The third kappa shape index (κ3) is 2.55. The molecular weight excluding hydrogens is 216 g/mol. The fourth-order valence-electron chi connectivity index (χ4n) is 1.63. The summed E-state index contributed by atoms with van der Waals surface area (Å²) in [5.41, 5.74) is 0. The van der Waals surface area contributed by atoms with Gasteiger partial charge in [0.15, 0.2) is 5.03 Å². The van der Waals surface area contributed by atoms with E-state index in [4.69, 9.17) is 0 Å². The van der Waals surface area contributed by atoms with Gasteiger partial charge in [-0.3, -0.25) is 5.10 Å². The Kier molecular flexibility index (Phi) is 3.03. The highest BCUT2D eigenvalue weighted by atomic mass is 32.2. The normalized spacial score (nSPS) is 22.8. The molecule has 2 heterocycles. The lowest BCUT2D eigenvalue weighted by molar-refractivity contribution is 0.428. The van der Waals surface area contributed by atoms with E-state index in [0.29, 0.717) is 6.54 Å². The smallest absolute Gasteiger partial charge is 0.257 e. The first-order chi connectivity index (χ1) is 7.18. The SMILES string of the molecule is O=S(=O)(NC1CCCNC1)c1ccn[nH]1. The van der Waals surface area contributed by atoms with Crippen molar-refractivity contribution in [1.82, 2.24) is 20.2 Å². The topological polar surface area (TPSA) is 86.9 Å². The van der Waals surface area contributed by atoms with Gasteiger partial charge < -0.3 is 5.32 Å². The van der Waals surface area contributed by atoms with Gasteiger partial charge in [-0.05, 0) is 25.5 Å². The molecule has 0 aliphatic carbocycles. The van der Waals surface area contributed by atoms with E-state index in [1.165, 1.54) is 12.3 Å². The van der Waals surface area contributed by atoms with Crippen LogP contribution in [0, 0.1) is 0 Å². The molecule has 1 aliphatic heterocycles. The average Bonchev–Trinajstić information content (AvgIpc) is 2.71. The summed E-state index contributed by atoms with van der Waals surface area (Å²) < 4.78 is 26.1. The minimum Gasteiger partial charge on any atom is -0.315 e. The predicted octanol–water partition coefficient (Wildman–Crippen LogP) is -0.560. The lowest BCUT2D eigenvalue weighted by Gasteiger charge is -2.23. The van der Waals surface area contributed by atoms with E-state index in [1.54, 1.807) is 0 Å². The molecule has 1 unspecified atom stereocenters. The number of aromatic amines is 1. The Balaban J connectivity index is 2.04. The molecule has 1 saturated heterocycles. The summed E-state index contributed by atoms with van der Waals surface area (Å²) in [4.78, 5) is 0. The Morgan fingerprint density at radius 2 is 2.40 bits per heavy atom. The highest BCUT2D eigenvalue weighted by Gasteiger charge is 2.22. The first-order valence-corrected chi connectivity index (χ1v) is 6.39. The van der Waals surface area contributed by atoms with Crippen molar-refractivity contribution in [2.24, 2.45) is 0 Å². The van der Waals surface area contributed by atoms with Crippen LogP contribution < -0.4 is 10.0 Å². The Labute approximate surface area is 88.5 Å². The monoisotopic (exact) mass is 230 g/mol. The first kappa shape index (κ1) is 10.6. The van der Waals surface area contributed by atoms with E-state index in [9.17, 15) is 8.42 Å². The minimum atomic E-state index is -3.42. The summed E-state index contributed by atoms with van der Waals surface area (Å²) in [7, 11) is -3.42. The van der Waals surface area contributed by atoms with E-state index in [0.717, 1.165) is 19.4 Å². The zero-order valence-electron chi connectivity index (χ0n) is 8.23. The molecule has 84 valence electrons. The summed E-state index contributed by atoms with van der Waals surface area (Å²) in [5, 5.41) is 9.34. The molecule has 1 aromatic heterocycles. The molecule has 0 aromatic carbocycles. The van der Waals surface area contributed by atoms with Gasteiger partial charge in [0, 0.05) is 12.6 Å². The summed E-state index contributed by atoms with van der Waals surface area (Å²) in [6.07, 6.45) is 3.30. The van der Waals surface area contributed by atoms with Gasteiger partial charge in [-0.25, -0.2) is 13.1 Å². The van der Waals surface area contributed by atoms with Crippen LogP contribution in [0.2, 0.25) is 0 Å².